The van der Waals surface area contributed by atoms with Crippen molar-refractivity contribution in [2.24, 2.45) is 0 Å². The lowest BCUT2D eigenvalue weighted by Gasteiger charge is -2.09. The highest BCUT2D eigenvalue weighted by Gasteiger charge is 2.06. The minimum Gasteiger partial charge on any atom is -0.306 e. The second-order valence-electron chi connectivity index (χ2n) is 2.65. The van der Waals surface area contributed by atoms with Crippen molar-refractivity contribution < 1.29 is 4.18 Å². The Hall–Kier alpha value is -1.19. The van der Waals surface area contributed by atoms with E-state index in [2.05, 4.69) is 13.2 Å². The monoisotopic (exact) mass is 207 g/mol. The number of rotatable bonds is 4. The van der Waals surface area contributed by atoms with Gasteiger partial charge in [0, 0.05) is 4.91 Å². The summed E-state index contributed by atoms with van der Waals surface area (Å²) in [7, 11) is 0.535. The molecule has 0 amide bonds. The maximum atomic E-state index is 7.61. The maximum Gasteiger partial charge on any atom is 0.0594 e. The van der Waals surface area contributed by atoms with Crippen LogP contribution >= 0.6 is 0 Å². The number of hydrogen-bond donors (Lipinski definition) is 1. The summed E-state index contributed by atoms with van der Waals surface area (Å²) in [6, 6.07) is 7.72. The van der Waals surface area contributed by atoms with Gasteiger partial charge in [-0.3, -0.25) is 4.78 Å². The van der Waals surface area contributed by atoms with Crippen molar-refractivity contribution in [3.8, 4) is 0 Å². The van der Waals surface area contributed by atoms with E-state index in [1.54, 1.807) is 6.08 Å². The second kappa shape index (κ2) is 4.88. The Morgan fingerprint density at radius 2 is 2.14 bits per heavy atom. The van der Waals surface area contributed by atoms with Gasteiger partial charge in [0.05, 0.1) is 18.1 Å². The normalized spacial score (nSPS) is 12.1. The molecule has 2 nitrogen and oxygen atoms in total. The van der Waals surface area contributed by atoms with Crippen LogP contribution in [0.15, 0.2) is 37.4 Å². The van der Waals surface area contributed by atoms with Gasteiger partial charge < -0.3 is 4.18 Å². The van der Waals surface area contributed by atoms with Gasteiger partial charge in [-0.2, -0.15) is 0 Å². The van der Waals surface area contributed by atoms with Crippen LogP contribution in [0.2, 0.25) is 0 Å². The molecule has 74 valence electrons. The molecule has 0 radical (unpaired) electrons. The van der Waals surface area contributed by atoms with Gasteiger partial charge in [0.25, 0.3) is 0 Å². The van der Waals surface area contributed by atoms with Gasteiger partial charge in [-0.25, -0.2) is 0 Å². The maximum absolute atomic E-state index is 7.61. The predicted octanol–water partition coefficient (Wildman–Crippen LogP) is 3.24. The first-order valence-corrected chi connectivity index (χ1v) is 5.26. The van der Waals surface area contributed by atoms with Crippen molar-refractivity contribution in [2.75, 3.05) is 7.11 Å². The Kier molecular flexibility index (Phi) is 3.80. The molecule has 1 atom stereocenters. The van der Waals surface area contributed by atoms with Crippen LogP contribution in [0, 0.1) is 4.78 Å². The van der Waals surface area contributed by atoms with Crippen molar-refractivity contribution in [3.05, 3.63) is 48.6 Å². The summed E-state index contributed by atoms with van der Waals surface area (Å²) in [5.74, 6) is 0. The molecule has 0 spiro atoms. The molecule has 0 fully saturated rings. The van der Waals surface area contributed by atoms with E-state index in [1.807, 2.05) is 24.3 Å². The Balaban J connectivity index is 3.12. The van der Waals surface area contributed by atoms with Crippen molar-refractivity contribution in [3.63, 3.8) is 0 Å². The Morgan fingerprint density at radius 3 is 2.71 bits per heavy atom. The topological polar surface area (TPSA) is 33.1 Å². The van der Waals surface area contributed by atoms with Gasteiger partial charge in [-0.15, -0.1) is 0 Å². The van der Waals surface area contributed by atoms with E-state index in [0.717, 1.165) is 11.1 Å². The van der Waals surface area contributed by atoms with Crippen LogP contribution in [-0.4, -0.2) is 7.11 Å². The summed E-state index contributed by atoms with van der Waals surface area (Å²) in [6.45, 7) is 7.58. The van der Waals surface area contributed by atoms with Crippen LogP contribution < -0.4 is 0 Å². The van der Waals surface area contributed by atoms with Crippen LogP contribution in [0.25, 0.3) is 11.0 Å². The van der Waals surface area contributed by atoms with Gasteiger partial charge in [0.2, 0.25) is 0 Å². The Bertz CT molecular complexity index is 385. The third-order valence-electron chi connectivity index (χ3n) is 1.87. The molecule has 0 aliphatic carbocycles. The molecule has 1 aromatic rings. The lowest BCUT2D eigenvalue weighted by Crippen LogP contribution is -1.95. The molecular weight excluding hydrogens is 194 g/mol. The van der Waals surface area contributed by atoms with Gasteiger partial charge in [-0.1, -0.05) is 43.5 Å². The zero-order chi connectivity index (χ0) is 10.6. The molecular formula is C11H13NOS. The highest BCUT2D eigenvalue weighted by Crippen LogP contribution is 2.22. The van der Waals surface area contributed by atoms with Gasteiger partial charge >= 0.3 is 0 Å². The largest absolute Gasteiger partial charge is 0.306 e. The molecule has 1 unspecified atom stereocenters. The first kappa shape index (κ1) is 10.9. The fraction of sp³-hybridized carbons (Fsp3) is 0.0909. The molecule has 0 aromatic heterocycles. The highest BCUT2D eigenvalue weighted by atomic mass is 32.2. The number of hydrogen-bond acceptors (Lipinski definition) is 2. The summed E-state index contributed by atoms with van der Waals surface area (Å²) >= 11 is 0. The summed E-state index contributed by atoms with van der Waals surface area (Å²) in [4.78, 5) is 0.683. The Labute approximate surface area is 87.0 Å². The summed E-state index contributed by atoms with van der Waals surface area (Å²) in [5.41, 5.74) is 1.92. The number of nitrogens with one attached hydrogen (secondary N) is 1. The van der Waals surface area contributed by atoms with E-state index in [0.29, 0.717) is 4.91 Å². The van der Waals surface area contributed by atoms with E-state index < -0.39 is 11.0 Å². The Morgan fingerprint density at radius 1 is 1.50 bits per heavy atom. The molecule has 3 heteroatoms. The molecule has 0 heterocycles. The van der Waals surface area contributed by atoms with E-state index in [4.69, 9.17) is 8.96 Å². The molecule has 1 aromatic carbocycles. The van der Waals surface area contributed by atoms with E-state index in [9.17, 15) is 0 Å². The lowest BCUT2D eigenvalue weighted by atomic mass is 10.1. The van der Waals surface area contributed by atoms with Crippen LogP contribution in [0.3, 0.4) is 0 Å². The molecule has 0 saturated heterocycles. The van der Waals surface area contributed by atoms with Crippen molar-refractivity contribution in [1.29, 1.82) is 4.78 Å². The lowest BCUT2D eigenvalue weighted by molar-refractivity contribution is 0.483. The molecule has 1 rings (SSSR count). The first-order chi connectivity index (χ1) is 6.70. The van der Waals surface area contributed by atoms with Gasteiger partial charge in [0.15, 0.2) is 0 Å². The van der Waals surface area contributed by atoms with Crippen molar-refractivity contribution in [1.82, 2.24) is 0 Å². The minimum atomic E-state index is -0.977. The third kappa shape index (κ3) is 2.19. The standard InChI is InChI=1S/C11H13NOS/c1-4-10-7-5-6-8-11(10)9(2)14(12)13-3/h4-8,12H,1-2H2,3H3. The van der Waals surface area contributed by atoms with Crippen molar-refractivity contribution in [2.45, 2.75) is 0 Å². The van der Waals surface area contributed by atoms with E-state index in [-0.39, 0.29) is 0 Å². The number of benzene rings is 1. The average molecular weight is 207 g/mol. The smallest absolute Gasteiger partial charge is 0.0594 e. The molecule has 0 aliphatic heterocycles. The summed E-state index contributed by atoms with van der Waals surface area (Å²) in [6.07, 6.45) is 1.76. The summed E-state index contributed by atoms with van der Waals surface area (Å²) < 4.78 is 12.5. The SMILES string of the molecule is C=Cc1ccccc1C(=C)S(=N)OC. The van der Waals surface area contributed by atoms with Gasteiger partial charge in [0.1, 0.15) is 0 Å². The van der Waals surface area contributed by atoms with Crippen LogP contribution in [0.1, 0.15) is 11.1 Å². The highest BCUT2D eigenvalue weighted by molar-refractivity contribution is 7.91. The van der Waals surface area contributed by atoms with Crippen LogP contribution in [0.4, 0.5) is 0 Å². The molecule has 14 heavy (non-hydrogen) atoms. The molecule has 0 saturated carbocycles. The third-order valence-corrected chi connectivity index (χ3v) is 2.87. The zero-order valence-corrected chi connectivity index (χ0v) is 8.93. The quantitative estimate of drug-likeness (QED) is 0.807. The predicted molar refractivity (Wildman–Crippen MR) is 62.7 cm³/mol. The fourth-order valence-electron chi connectivity index (χ4n) is 1.13. The molecule has 1 N–H and O–H groups in total. The minimum absolute atomic E-state index is 0.683. The zero-order valence-electron chi connectivity index (χ0n) is 8.12. The molecule has 0 bridgehead atoms. The van der Waals surface area contributed by atoms with Crippen molar-refractivity contribution >= 4 is 22.0 Å². The fourth-order valence-corrected chi connectivity index (χ4v) is 1.72. The van der Waals surface area contributed by atoms with Gasteiger partial charge in [-0.05, 0) is 11.1 Å². The van der Waals surface area contributed by atoms with Crippen LogP contribution in [0.5, 0.6) is 0 Å². The second-order valence-corrected chi connectivity index (χ2v) is 4.01. The molecule has 0 aliphatic rings. The van der Waals surface area contributed by atoms with Crippen LogP contribution in [-0.2, 0) is 15.2 Å². The average Bonchev–Trinajstić information content (AvgIpc) is 2.26. The van der Waals surface area contributed by atoms with E-state index in [1.165, 1.54) is 7.11 Å². The summed E-state index contributed by atoms with van der Waals surface area (Å²) in [5, 5.41) is 0. The first-order valence-electron chi connectivity index (χ1n) is 4.11. The van der Waals surface area contributed by atoms with E-state index >= 15 is 0 Å².